The normalized spacial score (nSPS) is 20.7. The zero-order chi connectivity index (χ0) is 10.8. The van der Waals surface area contributed by atoms with E-state index in [0.717, 1.165) is 12.1 Å². The Morgan fingerprint density at radius 3 is 3.00 bits per heavy atom. The van der Waals surface area contributed by atoms with E-state index in [2.05, 4.69) is 42.1 Å². The molecule has 0 bridgehead atoms. The topological polar surface area (TPSA) is 15.6 Å². The molecule has 1 aromatic rings. The summed E-state index contributed by atoms with van der Waals surface area (Å²) in [4.78, 5) is 6.78. The molecule has 1 atom stereocenters. The highest BCUT2D eigenvalue weighted by molar-refractivity contribution is 5.70. The van der Waals surface area contributed by atoms with Crippen LogP contribution in [0.1, 0.15) is 25.8 Å². The Bertz CT molecular complexity index is 382. The summed E-state index contributed by atoms with van der Waals surface area (Å²) in [6, 6.07) is 7.02. The number of anilines is 1. The fraction of sp³-hybridized carbons (Fsp3) is 0.462. The van der Waals surface area contributed by atoms with Crippen LogP contribution >= 0.6 is 0 Å². The summed E-state index contributed by atoms with van der Waals surface area (Å²) in [5.41, 5.74) is 3.88. The van der Waals surface area contributed by atoms with E-state index >= 15 is 0 Å². The molecule has 1 aliphatic heterocycles. The lowest BCUT2D eigenvalue weighted by Gasteiger charge is -2.34. The maximum Gasteiger partial charge on any atom is 0.0678 e. The highest BCUT2D eigenvalue weighted by Gasteiger charge is 2.21. The van der Waals surface area contributed by atoms with Crippen molar-refractivity contribution in [2.75, 3.05) is 11.9 Å². The monoisotopic (exact) mass is 202 g/mol. The van der Waals surface area contributed by atoms with Crippen LogP contribution < -0.4 is 4.90 Å². The van der Waals surface area contributed by atoms with Crippen LogP contribution in [0.2, 0.25) is 0 Å². The van der Waals surface area contributed by atoms with Crippen molar-refractivity contribution in [1.29, 1.82) is 0 Å². The minimum absolute atomic E-state index is 0.637. The van der Waals surface area contributed by atoms with Gasteiger partial charge in [0.25, 0.3) is 0 Å². The van der Waals surface area contributed by atoms with E-state index in [9.17, 15) is 0 Å². The molecule has 2 rings (SSSR count). The molecule has 0 aliphatic carbocycles. The molecular weight excluding hydrogens is 184 g/mol. The Morgan fingerprint density at radius 2 is 2.27 bits per heavy atom. The number of aliphatic imine (C=N–C) groups is 1. The largest absolute Gasteiger partial charge is 0.372 e. The molecule has 0 N–H and O–H groups in total. The van der Waals surface area contributed by atoms with E-state index in [1.165, 1.54) is 17.7 Å². The predicted molar refractivity (Wildman–Crippen MR) is 66.5 cm³/mol. The number of hydrogen-bond donors (Lipinski definition) is 0. The van der Waals surface area contributed by atoms with E-state index in [-0.39, 0.29) is 0 Å². The molecule has 0 amide bonds. The quantitative estimate of drug-likeness (QED) is 0.639. The first-order chi connectivity index (χ1) is 7.24. The van der Waals surface area contributed by atoms with Crippen molar-refractivity contribution in [3.05, 3.63) is 23.8 Å². The van der Waals surface area contributed by atoms with Gasteiger partial charge in [-0.15, -0.1) is 0 Å². The van der Waals surface area contributed by atoms with Crippen LogP contribution in [0.4, 0.5) is 11.4 Å². The lowest BCUT2D eigenvalue weighted by molar-refractivity contribution is 0.599. The van der Waals surface area contributed by atoms with Gasteiger partial charge < -0.3 is 4.90 Å². The van der Waals surface area contributed by atoms with Crippen LogP contribution in [0, 0.1) is 0 Å². The molecule has 0 radical (unpaired) electrons. The number of hydrogen-bond acceptors (Lipinski definition) is 2. The van der Waals surface area contributed by atoms with Gasteiger partial charge in [0, 0.05) is 30.6 Å². The van der Waals surface area contributed by atoms with Crippen LogP contribution in [-0.2, 0) is 6.42 Å². The molecule has 0 aromatic heterocycles. The number of benzene rings is 1. The highest BCUT2D eigenvalue weighted by Crippen LogP contribution is 2.35. The van der Waals surface area contributed by atoms with Crippen molar-refractivity contribution in [2.45, 2.75) is 32.7 Å². The third-order valence-corrected chi connectivity index (χ3v) is 3.25. The van der Waals surface area contributed by atoms with Gasteiger partial charge in [0.2, 0.25) is 0 Å². The smallest absolute Gasteiger partial charge is 0.0678 e. The number of nitrogens with zero attached hydrogens (tertiary/aromatic N) is 2. The van der Waals surface area contributed by atoms with Crippen LogP contribution in [0.25, 0.3) is 0 Å². The van der Waals surface area contributed by atoms with Gasteiger partial charge in [0.1, 0.15) is 0 Å². The first kappa shape index (κ1) is 10.2. The summed E-state index contributed by atoms with van der Waals surface area (Å²) in [6.45, 7) is 4.24. The highest BCUT2D eigenvalue weighted by atomic mass is 15.1. The second kappa shape index (κ2) is 4.05. The minimum atomic E-state index is 0.637. The van der Waals surface area contributed by atoms with Crippen LogP contribution in [0.3, 0.4) is 0 Å². The van der Waals surface area contributed by atoms with E-state index in [1.54, 1.807) is 0 Å². The molecule has 0 saturated carbocycles. The molecule has 1 aliphatic rings. The third kappa shape index (κ3) is 1.76. The van der Waals surface area contributed by atoms with Crippen molar-refractivity contribution in [2.24, 2.45) is 4.99 Å². The SMILES string of the molecule is C/C=N/c1cccc2c1CCC(C)N2C. The maximum atomic E-state index is 4.43. The van der Waals surface area contributed by atoms with Crippen LogP contribution in [0.5, 0.6) is 0 Å². The van der Waals surface area contributed by atoms with Gasteiger partial charge >= 0.3 is 0 Å². The molecule has 1 unspecified atom stereocenters. The van der Waals surface area contributed by atoms with E-state index in [4.69, 9.17) is 0 Å². The Morgan fingerprint density at radius 1 is 1.47 bits per heavy atom. The Hall–Kier alpha value is -1.31. The summed E-state index contributed by atoms with van der Waals surface area (Å²) in [5, 5.41) is 0. The van der Waals surface area contributed by atoms with Crippen molar-refractivity contribution in [3.63, 3.8) is 0 Å². The van der Waals surface area contributed by atoms with E-state index in [0.29, 0.717) is 6.04 Å². The van der Waals surface area contributed by atoms with E-state index in [1.807, 2.05) is 13.1 Å². The van der Waals surface area contributed by atoms with Gasteiger partial charge in [-0.1, -0.05) is 6.07 Å². The molecule has 0 saturated heterocycles. The standard InChI is InChI=1S/C13H18N2/c1-4-14-12-6-5-7-13-11(12)9-8-10(2)15(13)3/h4-7,10H,8-9H2,1-3H3/b14-4+. The molecule has 2 heteroatoms. The fourth-order valence-corrected chi connectivity index (χ4v) is 2.19. The molecule has 0 spiro atoms. The van der Waals surface area contributed by atoms with Crippen molar-refractivity contribution in [1.82, 2.24) is 0 Å². The molecular formula is C13H18N2. The first-order valence-electron chi connectivity index (χ1n) is 5.57. The van der Waals surface area contributed by atoms with Gasteiger partial charge in [0.05, 0.1) is 5.69 Å². The Labute approximate surface area is 91.6 Å². The summed E-state index contributed by atoms with van der Waals surface area (Å²) in [7, 11) is 2.17. The zero-order valence-electron chi connectivity index (χ0n) is 9.70. The summed E-state index contributed by atoms with van der Waals surface area (Å²) in [5.74, 6) is 0. The summed E-state index contributed by atoms with van der Waals surface area (Å²) < 4.78 is 0. The number of rotatable bonds is 1. The van der Waals surface area contributed by atoms with Gasteiger partial charge in [-0.25, -0.2) is 0 Å². The lowest BCUT2D eigenvalue weighted by Crippen LogP contribution is -2.33. The van der Waals surface area contributed by atoms with Crippen molar-refractivity contribution >= 4 is 17.6 Å². The average molecular weight is 202 g/mol. The minimum Gasteiger partial charge on any atom is -0.372 e. The number of fused-ring (bicyclic) bond motifs is 1. The second-order valence-electron chi connectivity index (χ2n) is 4.16. The molecule has 1 aromatic carbocycles. The summed E-state index contributed by atoms with van der Waals surface area (Å²) in [6.07, 6.45) is 4.24. The maximum absolute atomic E-state index is 4.43. The van der Waals surface area contributed by atoms with Crippen molar-refractivity contribution < 1.29 is 0 Å². The van der Waals surface area contributed by atoms with Crippen LogP contribution in [-0.4, -0.2) is 19.3 Å². The molecule has 1 heterocycles. The second-order valence-corrected chi connectivity index (χ2v) is 4.16. The molecule has 2 nitrogen and oxygen atoms in total. The Balaban J connectivity index is 2.48. The summed E-state index contributed by atoms with van der Waals surface area (Å²) >= 11 is 0. The van der Waals surface area contributed by atoms with Crippen LogP contribution in [0.15, 0.2) is 23.2 Å². The van der Waals surface area contributed by atoms with E-state index < -0.39 is 0 Å². The molecule has 0 fully saturated rings. The van der Waals surface area contributed by atoms with Gasteiger partial charge in [-0.05, 0) is 38.8 Å². The first-order valence-corrected chi connectivity index (χ1v) is 5.57. The predicted octanol–water partition coefficient (Wildman–Crippen LogP) is 3.18. The fourth-order valence-electron chi connectivity index (χ4n) is 2.19. The van der Waals surface area contributed by atoms with Crippen molar-refractivity contribution in [3.8, 4) is 0 Å². The average Bonchev–Trinajstić information content (AvgIpc) is 2.25. The van der Waals surface area contributed by atoms with Gasteiger partial charge in [0.15, 0.2) is 0 Å². The lowest BCUT2D eigenvalue weighted by atomic mass is 9.96. The molecule has 80 valence electrons. The zero-order valence-corrected chi connectivity index (χ0v) is 9.70. The Kier molecular flexibility index (Phi) is 2.76. The van der Waals surface area contributed by atoms with Gasteiger partial charge in [-0.2, -0.15) is 0 Å². The van der Waals surface area contributed by atoms with Gasteiger partial charge in [-0.3, -0.25) is 4.99 Å². The third-order valence-electron chi connectivity index (χ3n) is 3.25. The molecule has 15 heavy (non-hydrogen) atoms.